The smallest absolute Gasteiger partial charge is 0.224 e. The lowest BCUT2D eigenvalue weighted by atomic mass is 10.2. The van der Waals surface area contributed by atoms with Crippen LogP contribution >= 0.6 is 11.6 Å². The van der Waals surface area contributed by atoms with Crippen molar-refractivity contribution in [2.45, 2.75) is 33.6 Å². The van der Waals surface area contributed by atoms with Gasteiger partial charge in [0.05, 0.1) is 22.1 Å². The number of anilines is 1. The van der Waals surface area contributed by atoms with Crippen LogP contribution in [0.5, 0.6) is 0 Å². The number of benzene rings is 1. The maximum Gasteiger partial charge on any atom is 0.224 e. The molecule has 1 aromatic carbocycles. The minimum Gasteiger partial charge on any atom is -0.326 e. The van der Waals surface area contributed by atoms with Crippen LogP contribution in [0.2, 0.25) is 5.02 Å². The van der Waals surface area contributed by atoms with Crippen molar-refractivity contribution in [1.29, 1.82) is 0 Å². The van der Waals surface area contributed by atoms with Gasteiger partial charge in [0.1, 0.15) is 0 Å². The number of amides is 1. The van der Waals surface area contributed by atoms with Crippen molar-refractivity contribution >= 4 is 23.2 Å². The molecule has 0 unspecified atom stereocenters. The lowest BCUT2D eigenvalue weighted by Gasteiger charge is -2.07. The fourth-order valence-corrected chi connectivity index (χ4v) is 2.13. The van der Waals surface area contributed by atoms with Crippen molar-refractivity contribution < 1.29 is 4.79 Å². The monoisotopic (exact) mass is 291 g/mol. The Morgan fingerprint density at radius 3 is 2.45 bits per heavy atom. The summed E-state index contributed by atoms with van der Waals surface area (Å²) in [5, 5.41) is 7.94. The van der Waals surface area contributed by atoms with Gasteiger partial charge in [-0.3, -0.25) is 4.79 Å². The molecule has 0 saturated carbocycles. The predicted molar refractivity (Wildman–Crippen MR) is 81.6 cm³/mol. The molecule has 0 fully saturated rings. The van der Waals surface area contributed by atoms with Crippen molar-refractivity contribution in [3.8, 4) is 5.69 Å². The highest BCUT2D eigenvalue weighted by atomic mass is 35.5. The first-order chi connectivity index (χ1) is 9.52. The van der Waals surface area contributed by atoms with Crippen LogP contribution < -0.4 is 5.32 Å². The molecular weight excluding hydrogens is 274 g/mol. The number of carbonyl (C=O) groups excluding carboxylic acids is 1. The third kappa shape index (κ3) is 3.02. The Hall–Kier alpha value is -1.81. The van der Waals surface area contributed by atoms with E-state index in [2.05, 4.69) is 10.4 Å². The Bertz CT molecular complexity index is 617. The fraction of sp³-hybridized carbons (Fsp3) is 0.333. The molecule has 0 spiro atoms. The molecule has 1 amide bonds. The van der Waals surface area contributed by atoms with E-state index in [4.69, 9.17) is 11.6 Å². The van der Waals surface area contributed by atoms with Crippen LogP contribution in [-0.2, 0) is 4.79 Å². The summed E-state index contributed by atoms with van der Waals surface area (Å²) in [6, 6.07) is 7.56. The van der Waals surface area contributed by atoms with E-state index in [1.165, 1.54) is 0 Å². The second-order valence-electron chi connectivity index (χ2n) is 4.74. The van der Waals surface area contributed by atoms with E-state index >= 15 is 0 Å². The molecule has 2 aromatic rings. The summed E-state index contributed by atoms with van der Waals surface area (Å²) in [6.07, 6.45) is 1.38. The van der Waals surface area contributed by atoms with E-state index in [0.29, 0.717) is 11.4 Å². The first-order valence-corrected chi connectivity index (χ1v) is 7.02. The Morgan fingerprint density at radius 2 is 1.95 bits per heavy atom. The van der Waals surface area contributed by atoms with Gasteiger partial charge in [0, 0.05) is 12.1 Å². The summed E-state index contributed by atoms with van der Waals surface area (Å²) >= 11 is 6.14. The van der Waals surface area contributed by atoms with Crippen molar-refractivity contribution in [2.75, 3.05) is 5.32 Å². The number of hydrogen-bond donors (Lipinski definition) is 1. The highest BCUT2D eigenvalue weighted by Crippen LogP contribution is 2.23. The summed E-state index contributed by atoms with van der Waals surface area (Å²) in [5.74, 6) is 0.0365. The van der Waals surface area contributed by atoms with Crippen LogP contribution in [0.4, 0.5) is 5.69 Å². The first-order valence-electron chi connectivity index (χ1n) is 6.65. The van der Waals surface area contributed by atoms with Gasteiger partial charge in [-0.2, -0.15) is 5.10 Å². The predicted octanol–water partition coefficient (Wildman–Crippen LogP) is 3.88. The highest BCUT2D eigenvalue weighted by molar-refractivity contribution is 6.31. The Labute approximate surface area is 123 Å². The second kappa shape index (κ2) is 6.09. The van der Waals surface area contributed by atoms with Crippen LogP contribution in [0, 0.1) is 13.8 Å². The lowest BCUT2D eigenvalue weighted by molar-refractivity contribution is -0.116. The number of rotatable bonds is 4. The van der Waals surface area contributed by atoms with Crippen LogP contribution in [0.25, 0.3) is 5.69 Å². The number of aryl methyl sites for hydroxylation is 1. The maximum absolute atomic E-state index is 11.5. The summed E-state index contributed by atoms with van der Waals surface area (Å²) in [4.78, 5) is 11.5. The summed E-state index contributed by atoms with van der Waals surface area (Å²) < 4.78 is 1.80. The van der Waals surface area contributed by atoms with Gasteiger partial charge in [-0.05, 0) is 44.5 Å². The van der Waals surface area contributed by atoms with Crippen LogP contribution in [0.3, 0.4) is 0 Å². The molecule has 1 heterocycles. The molecule has 20 heavy (non-hydrogen) atoms. The van der Waals surface area contributed by atoms with Gasteiger partial charge in [-0.1, -0.05) is 18.5 Å². The summed E-state index contributed by atoms with van der Waals surface area (Å²) in [6.45, 7) is 5.79. The molecule has 0 saturated heterocycles. The molecule has 106 valence electrons. The van der Waals surface area contributed by atoms with Crippen LogP contribution in [0.1, 0.15) is 31.2 Å². The Kier molecular flexibility index (Phi) is 4.45. The molecule has 0 aliphatic rings. The third-order valence-electron chi connectivity index (χ3n) is 3.08. The average Bonchev–Trinajstić information content (AvgIpc) is 2.68. The molecule has 0 aliphatic carbocycles. The van der Waals surface area contributed by atoms with Crippen LogP contribution in [-0.4, -0.2) is 15.7 Å². The van der Waals surface area contributed by atoms with Gasteiger partial charge in [0.2, 0.25) is 5.91 Å². The zero-order chi connectivity index (χ0) is 14.7. The number of nitrogens with one attached hydrogen (secondary N) is 1. The van der Waals surface area contributed by atoms with Crippen molar-refractivity contribution in [3.05, 3.63) is 40.7 Å². The average molecular weight is 292 g/mol. The van der Waals surface area contributed by atoms with Gasteiger partial charge < -0.3 is 5.32 Å². The Balaban J connectivity index is 2.19. The SMILES string of the molecule is CCCC(=O)Nc1ccc(-n2nc(C)c(Cl)c2C)cc1. The maximum atomic E-state index is 11.5. The summed E-state index contributed by atoms with van der Waals surface area (Å²) in [7, 11) is 0. The molecule has 2 rings (SSSR count). The van der Waals surface area contributed by atoms with E-state index < -0.39 is 0 Å². The number of nitrogens with zero attached hydrogens (tertiary/aromatic N) is 2. The number of hydrogen-bond acceptors (Lipinski definition) is 2. The summed E-state index contributed by atoms with van der Waals surface area (Å²) in [5.41, 5.74) is 3.43. The zero-order valence-corrected chi connectivity index (χ0v) is 12.7. The second-order valence-corrected chi connectivity index (χ2v) is 5.12. The van der Waals surface area contributed by atoms with E-state index in [0.717, 1.165) is 29.2 Å². The van der Waals surface area contributed by atoms with Gasteiger partial charge >= 0.3 is 0 Å². The Morgan fingerprint density at radius 1 is 1.30 bits per heavy atom. The van der Waals surface area contributed by atoms with Gasteiger partial charge in [0.15, 0.2) is 0 Å². The van der Waals surface area contributed by atoms with E-state index in [-0.39, 0.29) is 5.91 Å². The molecule has 0 atom stereocenters. The van der Waals surface area contributed by atoms with Gasteiger partial charge in [-0.15, -0.1) is 0 Å². The quantitative estimate of drug-likeness (QED) is 0.929. The molecule has 0 aliphatic heterocycles. The largest absolute Gasteiger partial charge is 0.326 e. The molecule has 4 nitrogen and oxygen atoms in total. The van der Waals surface area contributed by atoms with E-state index in [9.17, 15) is 4.79 Å². The molecule has 0 bridgehead atoms. The van der Waals surface area contributed by atoms with E-state index in [1.807, 2.05) is 45.0 Å². The number of halogens is 1. The van der Waals surface area contributed by atoms with Crippen molar-refractivity contribution in [2.24, 2.45) is 0 Å². The van der Waals surface area contributed by atoms with Crippen molar-refractivity contribution in [3.63, 3.8) is 0 Å². The molecule has 5 heteroatoms. The molecule has 1 N–H and O–H groups in total. The van der Waals surface area contributed by atoms with Crippen molar-refractivity contribution in [1.82, 2.24) is 9.78 Å². The van der Waals surface area contributed by atoms with Gasteiger partial charge in [-0.25, -0.2) is 4.68 Å². The molecular formula is C15H18ClN3O. The topological polar surface area (TPSA) is 46.9 Å². The first kappa shape index (κ1) is 14.6. The third-order valence-corrected chi connectivity index (χ3v) is 3.62. The fourth-order valence-electron chi connectivity index (χ4n) is 2.01. The molecule has 0 radical (unpaired) electrons. The van der Waals surface area contributed by atoms with E-state index in [1.54, 1.807) is 4.68 Å². The van der Waals surface area contributed by atoms with Gasteiger partial charge in [0.25, 0.3) is 0 Å². The standard InChI is InChI=1S/C15H18ClN3O/c1-4-5-14(20)17-12-6-8-13(9-7-12)19-11(3)15(16)10(2)18-19/h6-9H,4-5H2,1-3H3,(H,17,20). The molecule has 1 aromatic heterocycles. The minimum atomic E-state index is 0.0365. The number of aromatic nitrogens is 2. The highest BCUT2D eigenvalue weighted by Gasteiger charge is 2.10. The number of carbonyl (C=O) groups is 1. The normalized spacial score (nSPS) is 10.6. The zero-order valence-electron chi connectivity index (χ0n) is 11.9. The minimum absolute atomic E-state index is 0.0365. The van der Waals surface area contributed by atoms with Crippen LogP contribution in [0.15, 0.2) is 24.3 Å². The lowest BCUT2D eigenvalue weighted by Crippen LogP contribution is -2.10.